The van der Waals surface area contributed by atoms with E-state index in [1.54, 1.807) is 13.2 Å². The summed E-state index contributed by atoms with van der Waals surface area (Å²) in [7, 11) is 1.75. The number of halogens is 1. The van der Waals surface area contributed by atoms with Crippen LogP contribution in [0.15, 0.2) is 24.3 Å². The van der Waals surface area contributed by atoms with Gasteiger partial charge in [0.25, 0.3) is 0 Å². The van der Waals surface area contributed by atoms with Gasteiger partial charge in [0.05, 0.1) is 5.60 Å². The van der Waals surface area contributed by atoms with Crippen molar-refractivity contribution in [1.29, 1.82) is 0 Å². The highest BCUT2D eigenvalue weighted by Gasteiger charge is 2.35. The maximum absolute atomic E-state index is 13.8. The van der Waals surface area contributed by atoms with Crippen LogP contribution in [-0.2, 0) is 11.2 Å². The fourth-order valence-electron chi connectivity index (χ4n) is 2.75. The van der Waals surface area contributed by atoms with Gasteiger partial charge in [0.15, 0.2) is 0 Å². The Kier molecular flexibility index (Phi) is 6.46. The van der Waals surface area contributed by atoms with E-state index in [-0.39, 0.29) is 17.5 Å². The van der Waals surface area contributed by atoms with Crippen LogP contribution in [0.5, 0.6) is 0 Å². The summed E-state index contributed by atoms with van der Waals surface area (Å²) in [6.45, 7) is 7.17. The lowest BCUT2D eigenvalue weighted by atomic mass is 9.84. The van der Waals surface area contributed by atoms with Gasteiger partial charge in [-0.2, -0.15) is 0 Å². The van der Waals surface area contributed by atoms with E-state index >= 15 is 0 Å². The zero-order chi connectivity index (χ0) is 14.3. The zero-order valence-corrected chi connectivity index (χ0v) is 12.5. The predicted octanol–water partition coefficient (Wildman–Crippen LogP) is 3.55. The zero-order valence-electron chi connectivity index (χ0n) is 12.5. The van der Waals surface area contributed by atoms with Crippen molar-refractivity contribution in [3.8, 4) is 0 Å². The Labute approximate surface area is 116 Å². The van der Waals surface area contributed by atoms with E-state index in [1.165, 1.54) is 6.07 Å². The molecule has 0 spiro atoms. The smallest absolute Gasteiger partial charge is 0.126 e. The number of ether oxygens (including phenoxy) is 1. The molecule has 0 saturated heterocycles. The molecule has 1 atom stereocenters. The summed E-state index contributed by atoms with van der Waals surface area (Å²) in [6, 6.07) is 7.10. The van der Waals surface area contributed by atoms with Crippen LogP contribution in [0.4, 0.5) is 4.39 Å². The third-order valence-corrected chi connectivity index (χ3v) is 4.07. The van der Waals surface area contributed by atoms with Crippen molar-refractivity contribution < 1.29 is 9.13 Å². The van der Waals surface area contributed by atoms with Crippen LogP contribution in [0.2, 0.25) is 0 Å². The standard InChI is InChI=1S/C16H26FNO/c1-5-16(6-2,19-4)15(18-7-3)12-13-10-8-9-11-14(13)17/h8-11,15,18H,5-7,12H2,1-4H3. The third kappa shape index (κ3) is 3.77. The van der Waals surface area contributed by atoms with Crippen LogP contribution < -0.4 is 5.32 Å². The quantitative estimate of drug-likeness (QED) is 0.777. The molecule has 0 aliphatic heterocycles. The molecule has 0 saturated carbocycles. The topological polar surface area (TPSA) is 21.3 Å². The molecule has 3 heteroatoms. The Bertz CT molecular complexity index is 369. The average molecular weight is 267 g/mol. The lowest BCUT2D eigenvalue weighted by Gasteiger charge is -2.39. The Hall–Kier alpha value is -0.930. The van der Waals surface area contributed by atoms with Gasteiger partial charge < -0.3 is 10.1 Å². The van der Waals surface area contributed by atoms with Crippen molar-refractivity contribution in [3.63, 3.8) is 0 Å². The van der Waals surface area contributed by atoms with E-state index in [0.717, 1.165) is 24.9 Å². The van der Waals surface area contributed by atoms with Crippen LogP contribution in [0.3, 0.4) is 0 Å². The largest absolute Gasteiger partial charge is 0.377 e. The number of nitrogens with one attached hydrogen (secondary N) is 1. The lowest BCUT2D eigenvalue weighted by Crippen LogP contribution is -2.52. The fourth-order valence-corrected chi connectivity index (χ4v) is 2.75. The van der Waals surface area contributed by atoms with Gasteiger partial charge in [0, 0.05) is 13.2 Å². The van der Waals surface area contributed by atoms with Crippen LogP contribution >= 0.6 is 0 Å². The summed E-state index contributed by atoms with van der Waals surface area (Å²) in [6.07, 6.45) is 2.47. The monoisotopic (exact) mass is 267 g/mol. The number of hydrogen-bond acceptors (Lipinski definition) is 2. The molecule has 0 aromatic heterocycles. The second kappa shape index (κ2) is 7.61. The molecule has 108 valence electrons. The fraction of sp³-hybridized carbons (Fsp3) is 0.625. The molecule has 0 bridgehead atoms. The molecular formula is C16H26FNO. The van der Waals surface area contributed by atoms with Gasteiger partial charge in [-0.3, -0.25) is 0 Å². The van der Waals surface area contributed by atoms with E-state index in [1.807, 2.05) is 12.1 Å². The van der Waals surface area contributed by atoms with Gasteiger partial charge in [0.2, 0.25) is 0 Å². The molecule has 1 aromatic rings. The number of hydrogen-bond donors (Lipinski definition) is 1. The van der Waals surface area contributed by atoms with Crippen molar-refractivity contribution >= 4 is 0 Å². The van der Waals surface area contributed by atoms with Crippen molar-refractivity contribution in [1.82, 2.24) is 5.32 Å². The van der Waals surface area contributed by atoms with Crippen LogP contribution in [0.25, 0.3) is 0 Å². The SMILES string of the molecule is CCNC(Cc1ccccc1F)C(CC)(CC)OC. The Morgan fingerprint density at radius 3 is 2.32 bits per heavy atom. The number of methoxy groups -OCH3 is 1. The maximum atomic E-state index is 13.8. The minimum Gasteiger partial charge on any atom is -0.377 e. The van der Waals surface area contributed by atoms with Gasteiger partial charge in [-0.1, -0.05) is 39.0 Å². The molecule has 1 unspecified atom stereocenters. The lowest BCUT2D eigenvalue weighted by molar-refractivity contribution is -0.0470. The van der Waals surface area contributed by atoms with Gasteiger partial charge in [-0.15, -0.1) is 0 Å². The van der Waals surface area contributed by atoms with Crippen LogP contribution in [0.1, 0.15) is 39.2 Å². The number of benzene rings is 1. The first-order chi connectivity index (χ1) is 9.13. The minimum absolute atomic E-state index is 0.120. The first-order valence-corrected chi connectivity index (χ1v) is 7.15. The summed E-state index contributed by atoms with van der Waals surface area (Å²) in [5.74, 6) is -0.136. The molecule has 0 heterocycles. The van der Waals surface area contributed by atoms with E-state index in [4.69, 9.17) is 4.74 Å². The number of likely N-dealkylation sites (N-methyl/N-ethyl adjacent to an activating group) is 1. The Morgan fingerprint density at radius 1 is 1.21 bits per heavy atom. The highest BCUT2D eigenvalue weighted by Crippen LogP contribution is 2.27. The summed E-state index contributed by atoms with van der Waals surface area (Å²) in [5, 5.41) is 3.46. The van der Waals surface area contributed by atoms with Crippen molar-refractivity contribution in [2.75, 3.05) is 13.7 Å². The highest BCUT2D eigenvalue weighted by molar-refractivity contribution is 5.19. The second-order valence-corrected chi connectivity index (χ2v) is 4.88. The van der Waals surface area contributed by atoms with E-state index in [2.05, 4.69) is 26.1 Å². The van der Waals surface area contributed by atoms with Gasteiger partial charge in [-0.25, -0.2) is 4.39 Å². The van der Waals surface area contributed by atoms with Gasteiger partial charge in [0.1, 0.15) is 5.82 Å². The molecule has 0 aliphatic rings. The predicted molar refractivity (Wildman–Crippen MR) is 77.9 cm³/mol. The van der Waals surface area contributed by atoms with E-state index in [0.29, 0.717) is 6.42 Å². The van der Waals surface area contributed by atoms with E-state index in [9.17, 15) is 4.39 Å². The first kappa shape index (κ1) is 16.1. The molecular weight excluding hydrogens is 241 g/mol. The second-order valence-electron chi connectivity index (χ2n) is 4.88. The van der Waals surface area contributed by atoms with E-state index < -0.39 is 0 Å². The molecule has 0 radical (unpaired) electrons. The van der Waals surface area contributed by atoms with Gasteiger partial charge >= 0.3 is 0 Å². The van der Waals surface area contributed by atoms with Gasteiger partial charge in [-0.05, 0) is 37.4 Å². The molecule has 1 aromatic carbocycles. The molecule has 0 amide bonds. The maximum Gasteiger partial charge on any atom is 0.126 e. The molecule has 1 N–H and O–H groups in total. The van der Waals surface area contributed by atoms with Crippen molar-refractivity contribution in [2.24, 2.45) is 0 Å². The first-order valence-electron chi connectivity index (χ1n) is 7.15. The minimum atomic E-state index is -0.238. The molecule has 19 heavy (non-hydrogen) atoms. The molecule has 0 aliphatic carbocycles. The summed E-state index contributed by atoms with van der Waals surface area (Å²) in [5.41, 5.74) is 0.509. The Morgan fingerprint density at radius 2 is 1.84 bits per heavy atom. The summed E-state index contributed by atoms with van der Waals surface area (Å²) >= 11 is 0. The van der Waals surface area contributed by atoms with Crippen LogP contribution in [-0.4, -0.2) is 25.3 Å². The molecule has 1 rings (SSSR count). The third-order valence-electron chi connectivity index (χ3n) is 4.07. The summed E-state index contributed by atoms with van der Waals surface area (Å²) < 4.78 is 19.6. The Balaban J connectivity index is 2.97. The van der Waals surface area contributed by atoms with Crippen molar-refractivity contribution in [3.05, 3.63) is 35.6 Å². The molecule has 0 fully saturated rings. The van der Waals surface area contributed by atoms with Crippen molar-refractivity contribution in [2.45, 2.75) is 51.7 Å². The summed E-state index contributed by atoms with van der Waals surface area (Å²) in [4.78, 5) is 0. The normalized spacial score (nSPS) is 13.5. The van der Waals surface area contributed by atoms with Crippen LogP contribution in [0, 0.1) is 5.82 Å². The average Bonchev–Trinajstić information content (AvgIpc) is 2.44. The molecule has 2 nitrogen and oxygen atoms in total. The highest BCUT2D eigenvalue weighted by atomic mass is 19.1. The number of rotatable bonds is 8.